The highest BCUT2D eigenvalue weighted by Crippen LogP contribution is 2.11. The highest BCUT2D eigenvalue weighted by molar-refractivity contribution is 5.76. The van der Waals surface area contributed by atoms with Crippen molar-refractivity contribution in [2.75, 3.05) is 26.2 Å². The summed E-state index contributed by atoms with van der Waals surface area (Å²) in [5, 5.41) is 13.2. The van der Waals surface area contributed by atoms with Crippen LogP contribution in [-0.4, -0.2) is 48.2 Å². The van der Waals surface area contributed by atoms with Gasteiger partial charge in [-0.15, -0.1) is 0 Å². The number of carbonyl (C=O) groups is 1. The van der Waals surface area contributed by atoms with E-state index in [1.54, 1.807) is 0 Å². The van der Waals surface area contributed by atoms with Gasteiger partial charge in [0.2, 0.25) is 5.91 Å². The number of aliphatic hydroxyl groups excluding tert-OH is 1. The molecule has 0 bridgehead atoms. The van der Waals surface area contributed by atoms with Crippen LogP contribution < -0.4 is 5.32 Å². The molecule has 2 N–H and O–H groups in total. The molecule has 4 nitrogen and oxygen atoms in total. The van der Waals surface area contributed by atoms with Gasteiger partial charge in [0.1, 0.15) is 0 Å². The van der Waals surface area contributed by atoms with E-state index in [0.29, 0.717) is 25.4 Å². The fraction of sp³-hybridized carbons (Fsp3) is 0.929. The largest absolute Gasteiger partial charge is 0.390 e. The Labute approximate surface area is 111 Å². The number of nitrogens with one attached hydrogen (secondary N) is 1. The number of carbonyl (C=O) groups excluding carboxylic acids is 1. The van der Waals surface area contributed by atoms with Crippen molar-refractivity contribution in [2.24, 2.45) is 5.92 Å². The summed E-state index contributed by atoms with van der Waals surface area (Å²) in [5.41, 5.74) is 0. The fourth-order valence-corrected chi connectivity index (χ4v) is 2.27. The highest BCUT2D eigenvalue weighted by atomic mass is 16.3. The van der Waals surface area contributed by atoms with Gasteiger partial charge in [-0.05, 0) is 25.3 Å². The Morgan fingerprint density at radius 3 is 2.67 bits per heavy atom. The summed E-state index contributed by atoms with van der Waals surface area (Å²) in [4.78, 5) is 13.7. The molecule has 0 aromatic heterocycles. The van der Waals surface area contributed by atoms with Crippen LogP contribution in [0.1, 0.15) is 46.0 Å². The number of rotatable bonds is 6. The molecule has 4 heteroatoms. The first-order valence-electron chi connectivity index (χ1n) is 7.26. The summed E-state index contributed by atoms with van der Waals surface area (Å²) >= 11 is 0. The molecule has 0 aromatic carbocycles. The Morgan fingerprint density at radius 2 is 1.94 bits per heavy atom. The predicted molar refractivity (Wildman–Crippen MR) is 73.4 cm³/mol. The molecule has 0 saturated carbocycles. The van der Waals surface area contributed by atoms with E-state index < -0.39 is 6.10 Å². The van der Waals surface area contributed by atoms with E-state index in [1.807, 2.05) is 4.90 Å². The molecule has 106 valence electrons. The number of hydrogen-bond donors (Lipinski definition) is 2. The van der Waals surface area contributed by atoms with Gasteiger partial charge in [0.05, 0.1) is 6.10 Å². The maximum Gasteiger partial charge on any atom is 0.222 e. The minimum atomic E-state index is -0.452. The van der Waals surface area contributed by atoms with Crippen LogP contribution in [0.5, 0.6) is 0 Å². The number of aliphatic hydroxyl groups is 1. The van der Waals surface area contributed by atoms with Crippen molar-refractivity contribution >= 4 is 5.91 Å². The molecule has 0 aliphatic carbocycles. The van der Waals surface area contributed by atoms with Gasteiger partial charge in [-0.1, -0.05) is 26.7 Å². The molecule has 1 aliphatic rings. The van der Waals surface area contributed by atoms with E-state index in [-0.39, 0.29) is 5.91 Å². The second-order valence-corrected chi connectivity index (χ2v) is 5.71. The third kappa shape index (κ3) is 6.36. The van der Waals surface area contributed by atoms with Gasteiger partial charge >= 0.3 is 0 Å². The van der Waals surface area contributed by atoms with Gasteiger partial charge in [0, 0.05) is 26.1 Å². The molecule has 0 aromatic rings. The van der Waals surface area contributed by atoms with E-state index in [0.717, 1.165) is 32.4 Å². The Morgan fingerprint density at radius 1 is 1.22 bits per heavy atom. The molecule has 1 aliphatic heterocycles. The quantitative estimate of drug-likeness (QED) is 0.755. The summed E-state index contributed by atoms with van der Waals surface area (Å²) in [6.45, 7) is 7.04. The molecule has 0 radical (unpaired) electrons. The lowest BCUT2D eigenvalue weighted by Crippen LogP contribution is -2.42. The van der Waals surface area contributed by atoms with Crippen LogP contribution in [0.15, 0.2) is 0 Å². The van der Waals surface area contributed by atoms with Crippen LogP contribution >= 0.6 is 0 Å². The van der Waals surface area contributed by atoms with Crippen LogP contribution in [0.25, 0.3) is 0 Å². The zero-order valence-electron chi connectivity index (χ0n) is 11.8. The zero-order chi connectivity index (χ0) is 13.4. The van der Waals surface area contributed by atoms with E-state index >= 15 is 0 Å². The highest BCUT2D eigenvalue weighted by Gasteiger charge is 2.18. The van der Waals surface area contributed by atoms with Crippen molar-refractivity contribution in [2.45, 2.75) is 52.1 Å². The standard InChI is InChI=1S/C14H28N2O2/c1-12(2)9-15-10-13(17)11-16-8-6-4-3-5-7-14(16)18/h12-13,15,17H,3-11H2,1-2H3. The fourth-order valence-electron chi connectivity index (χ4n) is 2.27. The van der Waals surface area contributed by atoms with Gasteiger partial charge in [-0.2, -0.15) is 0 Å². The molecule has 1 unspecified atom stereocenters. The monoisotopic (exact) mass is 256 g/mol. The van der Waals surface area contributed by atoms with Gasteiger partial charge < -0.3 is 15.3 Å². The molecule has 18 heavy (non-hydrogen) atoms. The van der Waals surface area contributed by atoms with Gasteiger partial charge in [-0.25, -0.2) is 0 Å². The Kier molecular flexibility index (Phi) is 7.28. The minimum absolute atomic E-state index is 0.206. The Hall–Kier alpha value is -0.610. The van der Waals surface area contributed by atoms with Crippen molar-refractivity contribution in [3.8, 4) is 0 Å². The summed E-state index contributed by atoms with van der Waals surface area (Å²) < 4.78 is 0. The molecular weight excluding hydrogens is 228 g/mol. The molecule has 1 saturated heterocycles. The molecule has 1 heterocycles. The van der Waals surface area contributed by atoms with E-state index in [9.17, 15) is 9.90 Å². The number of hydrogen-bond acceptors (Lipinski definition) is 3. The van der Waals surface area contributed by atoms with Crippen LogP contribution in [0.4, 0.5) is 0 Å². The lowest BCUT2D eigenvalue weighted by molar-refractivity contribution is -0.133. The first-order chi connectivity index (χ1) is 8.59. The predicted octanol–water partition coefficient (Wildman–Crippen LogP) is 1.39. The average Bonchev–Trinajstić information content (AvgIpc) is 2.28. The van der Waals surface area contributed by atoms with Gasteiger partial charge in [-0.3, -0.25) is 4.79 Å². The second kappa shape index (κ2) is 8.48. The first-order valence-corrected chi connectivity index (χ1v) is 7.26. The Balaban J connectivity index is 2.26. The van der Waals surface area contributed by atoms with Crippen molar-refractivity contribution < 1.29 is 9.90 Å². The maximum atomic E-state index is 11.9. The molecule has 1 amide bonds. The smallest absolute Gasteiger partial charge is 0.222 e. The number of β-amino-alcohol motifs (C(OH)–C–C–N with tert-alkyl or cyclic N) is 1. The SMILES string of the molecule is CC(C)CNCC(O)CN1CCCCCCC1=O. The molecule has 1 fully saturated rings. The summed E-state index contributed by atoms with van der Waals surface area (Å²) in [6, 6.07) is 0. The summed E-state index contributed by atoms with van der Waals surface area (Å²) in [7, 11) is 0. The third-order valence-electron chi connectivity index (χ3n) is 3.29. The summed E-state index contributed by atoms with van der Waals surface area (Å²) in [6.07, 6.45) is 4.62. The van der Waals surface area contributed by atoms with Gasteiger partial charge in [0.15, 0.2) is 0 Å². The Bertz CT molecular complexity index is 244. The first kappa shape index (κ1) is 15.4. The normalized spacial score (nSPS) is 19.8. The maximum absolute atomic E-state index is 11.9. The van der Waals surface area contributed by atoms with Crippen molar-refractivity contribution in [1.29, 1.82) is 0 Å². The van der Waals surface area contributed by atoms with Crippen LogP contribution in [-0.2, 0) is 4.79 Å². The van der Waals surface area contributed by atoms with Crippen molar-refractivity contribution in [3.05, 3.63) is 0 Å². The molecule has 1 rings (SSSR count). The van der Waals surface area contributed by atoms with Gasteiger partial charge in [0.25, 0.3) is 0 Å². The van der Waals surface area contributed by atoms with Crippen LogP contribution in [0, 0.1) is 5.92 Å². The zero-order valence-corrected chi connectivity index (χ0v) is 11.8. The van der Waals surface area contributed by atoms with E-state index in [1.165, 1.54) is 6.42 Å². The molecule has 0 spiro atoms. The lowest BCUT2D eigenvalue weighted by atomic mass is 10.1. The topological polar surface area (TPSA) is 52.6 Å². The minimum Gasteiger partial charge on any atom is -0.390 e. The van der Waals surface area contributed by atoms with E-state index in [2.05, 4.69) is 19.2 Å². The van der Waals surface area contributed by atoms with Crippen LogP contribution in [0.2, 0.25) is 0 Å². The van der Waals surface area contributed by atoms with E-state index in [4.69, 9.17) is 0 Å². The number of nitrogens with zero attached hydrogens (tertiary/aromatic N) is 1. The third-order valence-corrected chi connectivity index (χ3v) is 3.29. The number of amides is 1. The van der Waals surface area contributed by atoms with Crippen molar-refractivity contribution in [1.82, 2.24) is 10.2 Å². The average molecular weight is 256 g/mol. The van der Waals surface area contributed by atoms with Crippen molar-refractivity contribution in [3.63, 3.8) is 0 Å². The summed E-state index contributed by atoms with van der Waals surface area (Å²) in [5.74, 6) is 0.790. The van der Waals surface area contributed by atoms with Crippen LogP contribution in [0.3, 0.4) is 0 Å². The number of likely N-dealkylation sites (tertiary alicyclic amines) is 1. The lowest BCUT2D eigenvalue weighted by Gasteiger charge is -2.27. The molecule has 1 atom stereocenters. The molecular formula is C14H28N2O2. The second-order valence-electron chi connectivity index (χ2n) is 5.71.